The van der Waals surface area contributed by atoms with Gasteiger partial charge in [0.25, 0.3) is 0 Å². The lowest BCUT2D eigenvalue weighted by molar-refractivity contribution is 0.174. The molecule has 98 valence electrons. The van der Waals surface area contributed by atoms with Gasteiger partial charge in [0.2, 0.25) is 6.79 Å². The molecule has 0 radical (unpaired) electrons. The van der Waals surface area contributed by atoms with E-state index in [9.17, 15) is 0 Å². The minimum atomic E-state index is 0.328. The Morgan fingerprint density at radius 2 is 1.74 bits per heavy atom. The Morgan fingerprint density at radius 1 is 1.05 bits per heavy atom. The largest absolute Gasteiger partial charge is 0.454 e. The van der Waals surface area contributed by atoms with Gasteiger partial charge in [0.1, 0.15) is 0 Å². The summed E-state index contributed by atoms with van der Waals surface area (Å²) in [5, 5.41) is 3.13. The van der Waals surface area contributed by atoms with Crippen LogP contribution in [0, 0.1) is 6.92 Å². The van der Waals surface area contributed by atoms with Crippen LogP contribution in [0.15, 0.2) is 36.4 Å². The molecule has 3 nitrogen and oxygen atoms in total. The maximum absolute atomic E-state index is 5.44. The lowest BCUT2D eigenvalue weighted by Gasteiger charge is -2.08. The molecule has 3 rings (SSSR count). The minimum Gasteiger partial charge on any atom is -0.454 e. The number of nitrogens with one attached hydrogen (secondary N) is 1. The van der Waals surface area contributed by atoms with Gasteiger partial charge in [-0.05, 0) is 54.3 Å². The lowest BCUT2D eigenvalue weighted by Crippen LogP contribution is -1.94. The van der Waals surface area contributed by atoms with Crippen LogP contribution in [0.4, 0.5) is 5.69 Å². The monoisotopic (exact) mass is 255 g/mol. The zero-order valence-electron chi connectivity index (χ0n) is 11.2. The van der Waals surface area contributed by atoms with Crippen LogP contribution < -0.4 is 14.8 Å². The standard InChI is InChI=1S/C16H17NO2/c1-11-7-15-16(19-10-18-15)9-13(11)8-12-3-5-14(17-2)6-4-12/h3-7,9,17H,8,10H2,1-2H3. The van der Waals surface area contributed by atoms with Crippen molar-refractivity contribution in [3.8, 4) is 11.5 Å². The van der Waals surface area contributed by atoms with Crippen molar-refractivity contribution >= 4 is 5.69 Å². The van der Waals surface area contributed by atoms with Gasteiger partial charge >= 0.3 is 0 Å². The van der Waals surface area contributed by atoms with Crippen molar-refractivity contribution in [1.29, 1.82) is 0 Å². The van der Waals surface area contributed by atoms with E-state index in [1.54, 1.807) is 0 Å². The van der Waals surface area contributed by atoms with E-state index in [0.29, 0.717) is 6.79 Å². The molecule has 0 amide bonds. The Morgan fingerprint density at radius 3 is 2.42 bits per heavy atom. The summed E-state index contributed by atoms with van der Waals surface area (Å²) in [4.78, 5) is 0. The number of aryl methyl sites for hydroxylation is 1. The fourth-order valence-corrected chi connectivity index (χ4v) is 2.29. The molecule has 1 N–H and O–H groups in total. The van der Waals surface area contributed by atoms with E-state index in [-0.39, 0.29) is 0 Å². The van der Waals surface area contributed by atoms with Crippen molar-refractivity contribution in [1.82, 2.24) is 0 Å². The van der Waals surface area contributed by atoms with E-state index in [1.165, 1.54) is 16.7 Å². The van der Waals surface area contributed by atoms with Crippen molar-refractivity contribution in [2.75, 3.05) is 19.2 Å². The third kappa shape index (κ3) is 2.36. The SMILES string of the molecule is CNc1ccc(Cc2cc3c(cc2C)OCO3)cc1. The number of anilines is 1. The van der Waals surface area contributed by atoms with Gasteiger partial charge in [0.05, 0.1) is 0 Å². The minimum absolute atomic E-state index is 0.328. The van der Waals surface area contributed by atoms with Gasteiger partial charge in [0, 0.05) is 12.7 Å². The molecule has 1 heterocycles. The highest BCUT2D eigenvalue weighted by atomic mass is 16.7. The van der Waals surface area contributed by atoms with E-state index in [2.05, 4.69) is 48.6 Å². The number of benzene rings is 2. The topological polar surface area (TPSA) is 30.5 Å². The normalized spacial score (nSPS) is 12.5. The Hall–Kier alpha value is -2.16. The van der Waals surface area contributed by atoms with E-state index in [1.807, 2.05) is 7.05 Å². The maximum atomic E-state index is 5.44. The van der Waals surface area contributed by atoms with Crippen LogP contribution in [-0.4, -0.2) is 13.8 Å². The van der Waals surface area contributed by atoms with Crippen molar-refractivity contribution < 1.29 is 9.47 Å². The van der Waals surface area contributed by atoms with Crippen LogP contribution >= 0.6 is 0 Å². The number of fused-ring (bicyclic) bond motifs is 1. The molecule has 0 bridgehead atoms. The predicted molar refractivity (Wildman–Crippen MR) is 76.1 cm³/mol. The summed E-state index contributed by atoms with van der Waals surface area (Å²) in [6.45, 7) is 2.44. The van der Waals surface area contributed by atoms with E-state index >= 15 is 0 Å². The first-order chi connectivity index (χ1) is 9.26. The number of hydrogen-bond acceptors (Lipinski definition) is 3. The molecule has 1 aliphatic heterocycles. The number of hydrogen-bond donors (Lipinski definition) is 1. The van der Waals surface area contributed by atoms with Crippen LogP contribution in [0.3, 0.4) is 0 Å². The quantitative estimate of drug-likeness (QED) is 0.912. The molecule has 0 spiro atoms. The molecule has 0 saturated heterocycles. The van der Waals surface area contributed by atoms with Gasteiger partial charge in [-0.1, -0.05) is 12.1 Å². The fraction of sp³-hybridized carbons (Fsp3) is 0.250. The smallest absolute Gasteiger partial charge is 0.231 e. The summed E-state index contributed by atoms with van der Waals surface area (Å²) in [5.41, 5.74) is 4.94. The van der Waals surface area contributed by atoms with Crippen LogP contribution in [-0.2, 0) is 6.42 Å². The zero-order chi connectivity index (χ0) is 13.2. The highest BCUT2D eigenvalue weighted by molar-refractivity contribution is 5.50. The first kappa shape index (κ1) is 11.9. The predicted octanol–water partition coefficient (Wildman–Crippen LogP) is 3.36. The molecule has 0 unspecified atom stereocenters. The van der Waals surface area contributed by atoms with Crippen molar-refractivity contribution in [3.05, 3.63) is 53.1 Å². The van der Waals surface area contributed by atoms with E-state index in [4.69, 9.17) is 9.47 Å². The molecule has 19 heavy (non-hydrogen) atoms. The van der Waals surface area contributed by atoms with Gasteiger partial charge in [-0.25, -0.2) is 0 Å². The Balaban J connectivity index is 1.86. The molecule has 0 aromatic heterocycles. The summed E-state index contributed by atoms with van der Waals surface area (Å²) >= 11 is 0. The molecule has 2 aromatic rings. The maximum Gasteiger partial charge on any atom is 0.231 e. The number of rotatable bonds is 3. The van der Waals surface area contributed by atoms with Crippen LogP contribution in [0.25, 0.3) is 0 Å². The van der Waals surface area contributed by atoms with Gasteiger partial charge in [-0.15, -0.1) is 0 Å². The lowest BCUT2D eigenvalue weighted by atomic mass is 9.99. The van der Waals surface area contributed by atoms with Crippen LogP contribution in [0.2, 0.25) is 0 Å². The van der Waals surface area contributed by atoms with Crippen molar-refractivity contribution in [2.45, 2.75) is 13.3 Å². The highest BCUT2D eigenvalue weighted by Gasteiger charge is 2.15. The summed E-state index contributed by atoms with van der Waals surface area (Å²) in [6.07, 6.45) is 0.909. The third-order valence-electron chi connectivity index (χ3n) is 3.47. The Kier molecular flexibility index (Phi) is 3.03. The summed E-state index contributed by atoms with van der Waals surface area (Å²) in [6, 6.07) is 12.6. The molecular weight excluding hydrogens is 238 g/mol. The summed E-state index contributed by atoms with van der Waals surface area (Å²) in [7, 11) is 1.93. The first-order valence-corrected chi connectivity index (χ1v) is 6.42. The number of ether oxygens (including phenoxy) is 2. The Labute approximate surface area is 113 Å². The molecule has 0 saturated carbocycles. The zero-order valence-corrected chi connectivity index (χ0v) is 11.2. The second-order valence-corrected chi connectivity index (χ2v) is 4.76. The van der Waals surface area contributed by atoms with Crippen molar-refractivity contribution in [2.24, 2.45) is 0 Å². The van der Waals surface area contributed by atoms with E-state index in [0.717, 1.165) is 23.6 Å². The average molecular weight is 255 g/mol. The third-order valence-corrected chi connectivity index (χ3v) is 3.47. The molecule has 0 fully saturated rings. The molecular formula is C16H17NO2. The first-order valence-electron chi connectivity index (χ1n) is 6.42. The fourth-order valence-electron chi connectivity index (χ4n) is 2.29. The van der Waals surface area contributed by atoms with Crippen LogP contribution in [0.1, 0.15) is 16.7 Å². The molecule has 3 heteroatoms. The second kappa shape index (κ2) is 4.84. The molecule has 0 aliphatic carbocycles. The van der Waals surface area contributed by atoms with E-state index < -0.39 is 0 Å². The average Bonchev–Trinajstić information content (AvgIpc) is 2.87. The van der Waals surface area contributed by atoms with Gasteiger partial charge in [-0.3, -0.25) is 0 Å². The molecule has 0 atom stereocenters. The van der Waals surface area contributed by atoms with Gasteiger partial charge in [0.15, 0.2) is 11.5 Å². The molecule has 1 aliphatic rings. The van der Waals surface area contributed by atoms with Gasteiger partial charge < -0.3 is 14.8 Å². The van der Waals surface area contributed by atoms with Crippen LogP contribution in [0.5, 0.6) is 11.5 Å². The molecule has 2 aromatic carbocycles. The second-order valence-electron chi connectivity index (χ2n) is 4.76. The Bertz CT molecular complexity index is 590. The summed E-state index contributed by atoms with van der Waals surface area (Å²) in [5.74, 6) is 1.71. The van der Waals surface area contributed by atoms with Gasteiger partial charge in [-0.2, -0.15) is 0 Å². The highest BCUT2D eigenvalue weighted by Crippen LogP contribution is 2.35. The van der Waals surface area contributed by atoms with Crippen molar-refractivity contribution in [3.63, 3.8) is 0 Å². The summed E-state index contributed by atoms with van der Waals surface area (Å²) < 4.78 is 10.8.